The van der Waals surface area contributed by atoms with Crippen molar-refractivity contribution >= 4 is 25.8 Å². The van der Waals surface area contributed by atoms with Gasteiger partial charge < -0.3 is 14.6 Å². The maximum Gasteiger partial charge on any atom is 0.573 e. The molecule has 1 aliphatic heterocycles. The van der Waals surface area contributed by atoms with Gasteiger partial charge in [-0.1, -0.05) is 32.1 Å². The Labute approximate surface area is 251 Å². The fraction of sp³-hybridized carbons (Fsp3) is 0.621. The number of carbonyl (C=O) groups excluding carboxylic acids is 1. The van der Waals surface area contributed by atoms with E-state index in [4.69, 9.17) is 0 Å². The number of sulfonamides is 1. The van der Waals surface area contributed by atoms with Gasteiger partial charge >= 0.3 is 6.36 Å². The zero-order valence-corrected chi connectivity index (χ0v) is 26.5. The van der Waals surface area contributed by atoms with Crippen molar-refractivity contribution in [1.82, 2.24) is 14.6 Å². The van der Waals surface area contributed by atoms with Crippen molar-refractivity contribution < 1.29 is 39.5 Å². The minimum Gasteiger partial charge on any atom is -0.404 e. The molecule has 2 N–H and O–H groups in total. The van der Waals surface area contributed by atoms with Gasteiger partial charge in [-0.15, -0.1) is 13.2 Å². The zero-order valence-electron chi connectivity index (χ0n) is 24.9. The van der Waals surface area contributed by atoms with Gasteiger partial charge in [0.2, 0.25) is 10.0 Å². The number of sulfone groups is 1. The number of benzene rings is 1. The van der Waals surface area contributed by atoms with E-state index in [0.717, 1.165) is 49.9 Å². The molecule has 0 bridgehead atoms. The minimum absolute atomic E-state index is 0.00776. The van der Waals surface area contributed by atoms with Crippen LogP contribution in [0.5, 0.6) is 5.75 Å². The van der Waals surface area contributed by atoms with E-state index in [9.17, 15) is 34.8 Å². The lowest BCUT2D eigenvalue weighted by atomic mass is 9.85. The van der Waals surface area contributed by atoms with Crippen molar-refractivity contribution in [3.63, 3.8) is 0 Å². The Morgan fingerprint density at radius 2 is 1.67 bits per heavy atom. The van der Waals surface area contributed by atoms with Gasteiger partial charge in [-0.3, -0.25) is 4.79 Å². The molecule has 0 spiro atoms. The highest BCUT2D eigenvalue weighted by Gasteiger charge is 2.36. The van der Waals surface area contributed by atoms with Crippen LogP contribution in [-0.4, -0.2) is 56.8 Å². The quantitative estimate of drug-likeness (QED) is 0.407. The Morgan fingerprint density at radius 3 is 2.26 bits per heavy atom. The van der Waals surface area contributed by atoms with Gasteiger partial charge in [0.15, 0.2) is 5.75 Å². The van der Waals surface area contributed by atoms with Crippen molar-refractivity contribution in [2.45, 2.75) is 102 Å². The van der Waals surface area contributed by atoms with Crippen molar-refractivity contribution in [2.24, 2.45) is 5.92 Å². The van der Waals surface area contributed by atoms with Gasteiger partial charge in [0.05, 0.1) is 17.1 Å². The van der Waals surface area contributed by atoms with Gasteiger partial charge in [-0.05, 0) is 70.6 Å². The number of ether oxygens (including phenoxy) is 1. The van der Waals surface area contributed by atoms with Crippen molar-refractivity contribution in [1.29, 1.82) is 0 Å². The summed E-state index contributed by atoms with van der Waals surface area (Å²) in [4.78, 5) is 12.8. The smallest absolute Gasteiger partial charge is 0.404 e. The summed E-state index contributed by atoms with van der Waals surface area (Å²) in [5, 5.41) is 2.92. The van der Waals surface area contributed by atoms with E-state index in [1.807, 2.05) is 0 Å². The van der Waals surface area contributed by atoms with Crippen LogP contribution in [0, 0.1) is 12.8 Å². The molecule has 0 atom stereocenters. The zero-order chi connectivity index (χ0) is 31.8. The lowest BCUT2D eigenvalue weighted by Gasteiger charge is -2.24. The first-order chi connectivity index (χ1) is 19.8. The lowest BCUT2D eigenvalue weighted by Crippen LogP contribution is -2.40. The first-order valence-electron chi connectivity index (χ1n) is 14.5. The third-order valence-corrected chi connectivity index (χ3v) is 11.4. The first-order valence-corrected chi connectivity index (χ1v) is 17.8. The van der Waals surface area contributed by atoms with Crippen LogP contribution in [0.3, 0.4) is 0 Å². The molecule has 0 unspecified atom stereocenters. The fourth-order valence-electron chi connectivity index (χ4n) is 5.84. The van der Waals surface area contributed by atoms with E-state index in [2.05, 4.69) is 14.8 Å². The molecule has 1 aromatic carbocycles. The van der Waals surface area contributed by atoms with E-state index in [-0.39, 0.29) is 23.2 Å². The molecule has 240 valence electrons. The summed E-state index contributed by atoms with van der Waals surface area (Å²) in [7, 11) is -7.50. The van der Waals surface area contributed by atoms with Gasteiger partial charge in [0.1, 0.15) is 14.7 Å². The molecule has 2 aliphatic rings. The number of halogens is 3. The number of carbonyl (C=O) groups is 1. The third kappa shape index (κ3) is 8.75. The summed E-state index contributed by atoms with van der Waals surface area (Å²) in [6.45, 7) is 6.50. The second-order valence-electron chi connectivity index (χ2n) is 12.6. The molecule has 14 heteroatoms. The predicted octanol–water partition coefficient (Wildman–Crippen LogP) is 5.19. The van der Waals surface area contributed by atoms with E-state index in [1.165, 1.54) is 6.07 Å². The summed E-state index contributed by atoms with van der Waals surface area (Å²) >= 11 is 0. The topological polar surface area (TPSA) is 124 Å². The normalized spacial score (nSPS) is 18.9. The van der Waals surface area contributed by atoms with Crippen molar-refractivity contribution in [2.75, 3.05) is 11.5 Å². The fourth-order valence-corrected chi connectivity index (χ4v) is 8.86. The largest absolute Gasteiger partial charge is 0.573 e. The molecule has 2 heterocycles. The highest BCUT2D eigenvalue weighted by molar-refractivity contribution is 7.91. The van der Waals surface area contributed by atoms with Gasteiger partial charge in [-0.2, -0.15) is 0 Å². The Bertz CT molecular complexity index is 1540. The summed E-state index contributed by atoms with van der Waals surface area (Å²) in [5.74, 6) is -0.975. The standard InChI is InChI=1S/C29H40F3N3O6S2/c1-19-23(27(36)33-21-12-14-42(37,38)15-13-21)18-35(24(19)16-20-8-6-5-7-9-20)22-10-11-26(25(17-22)41-29(30,31)32)43(39,40)34-28(2,3)4/h10-11,17-18,20-21,34H,5-9,12-16H2,1-4H3,(H,33,36). The molecule has 2 fully saturated rings. The Morgan fingerprint density at radius 1 is 1.05 bits per heavy atom. The summed E-state index contributed by atoms with van der Waals surface area (Å²) < 4.78 is 98.4. The Balaban J connectivity index is 1.76. The number of hydrogen-bond acceptors (Lipinski definition) is 6. The van der Waals surface area contributed by atoms with Crippen LogP contribution in [0.25, 0.3) is 5.69 Å². The Kier molecular flexibility index (Phi) is 9.63. The van der Waals surface area contributed by atoms with E-state index in [0.29, 0.717) is 36.3 Å². The number of nitrogens with one attached hydrogen (secondary N) is 2. The van der Waals surface area contributed by atoms with Crippen LogP contribution < -0.4 is 14.8 Å². The molecule has 1 amide bonds. The molecule has 2 aromatic rings. The summed E-state index contributed by atoms with van der Waals surface area (Å²) in [6, 6.07) is 3.19. The van der Waals surface area contributed by atoms with Crippen LogP contribution >= 0.6 is 0 Å². The van der Waals surface area contributed by atoms with Crippen molar-refractivity contribution in [3.05, 3.63) is 41.2 Å². The number of nitrogens with zero attached hydrogens (tertiary/aromatic N) is 1. The van der Waals surface area contributed by atoms with Gasteiger partial charge in [-0.25, -0.2) is 21.6 Å². The van der Waals surface area contributed by atoms with Crippen molar-refractivity contribution in [3.8, 4) is 11.4 Å². The van der Waals surface area contributed by atoms with Gasteiger partial charge in [0, 0.05) is 35.2 Å². The maximum absolute atomic E-state index is 13.5. The van der Waals surface area contributed by atoms with E-state index >= 15 is 0 Å². The first kappa shape index (κ1) is 33.3. The van der Waals surface area contributed by atoms with E-state index < -0.39 is 48.3 Å². The SMILES string of the molecule is Cc1c(C(=O)NC2CCS(=O)(=O)CC2)cn(-c2ccc(S(=O)(=O)NC(C)(C)C)c(OC(F)(F)F)c2)c1CC1CCCCC1. The molecule has 1 aliphatic carbocycles. The monoisotopic (exact) mass is 647 g/mol. The summed E-state index contributed by atoms with van der Waals surface area (Å²) in [5.41, 5.74) is 0.984. The number of amides is 1. The number of aromatic nitrogens is 1. The van der Waals surface area contributed by atoms with Crippen LogP contribution in [0.1, 0.15) is 87.3 Å². The molecule has 1 saturated heterocycles. The molecule has 1 saturated carbocycles. The Hall–Kier alpha value is -2.58. The number of rotatable bonds is 8. The second kappa shape index (κ2) is 12.4. The van der Waals surface area contributed by atoms with E-state index in [1.54, 1.807) is 38.5 Å². The second-order valence-corrected chi connectivity index (χ2v) is 16.6. The number of hydrogen-bond donors (Lipinski definition) is 2. The molecule has 43 heavy (non-hydrogen) atoms. The highest BCUT2D eigenvalue weighted by atomic mass is 32.2. The van der Waals surface area contributed by atoms with Crippen LogP contribution in [0.2, 0.25) is 0 Å². The summed E-state index contributed by atoms with van der Waals surface area (Å²) in [6.07, 6.45) is 2.84. The highest BCUT2D eigenvalue weighted by Crippen LogP contribution is 2.35. The van der Waals surface area contributed by atoms with Crippen LogP contribution in [0.4, 0.5) is 13.2 Å². The van der Waals surface area contributed by atoms with Crippen LogP contribution in [0.15, 0.2) is 29.3 Å². The average molecular weight is 648 g/mol. The van der Waals surface area contributed by atoms with Crippen LogP contribution in [-0.2, 0) is 26.3 Å². The minimum atomic E-state index is -5.15. The third-order valence-electron chi connectivity index (χ3n) is 7.89. The molecule has 9 nitrogen and oxygen atoms in total. The molecule has 1 aromatic heterocycles. The predicted molar refractivity (Wildman–Crippen MR) is 157 cm³/mol. The lowest BCUT2D eigenvalue weighted by molar-refractivity contribution is -0.275. The molecule has 4 rings (SSSR count). The molecule has 0 radical (unpaired) electrons. The van der Waals surface area contributed by atoms with Gasteiger partial charge in [0.25, 0.3) is 5.91 Å². The molecular weight excluding hydrogens is 607 g/mol. The molecular formula is C29H40F3N3O6S2. The average Bonchev–Trinajstić information content (AvgIpc) is 3.19. The maximum atomic E-state index is 13.5. The number of alkyl halides is 3.